The van der Waals surface area contributed by atoms with Crippen molar-refractivity contribution in [3.05, 3.63) is 18.7 Å². The lowest BCUT2D eigenvalue weighted by atomic mass is 10.1. The summed E-state index contributed by atoms with van der Waals surface area (Å²) in [6, 6.07) is 0.660. The standard InChI is InChI=1S/C12H20N4/c1-2-11-4-7-16(6-3-5-15-11)12-8-13-10-14-9-12/h8-11,15H,2-7H2,1H3. The van der Waals surface area contributed by atoms with Crippen LogP contribution in [0, 0.1) is 0 Å². The molecule has 16 heavy (non-hydrogen) atoms. The smallest absolute Gasteiger partial charge is 0.115 e. The Balaban J connectivity index is 1.99. The van der Waals surface area contributed by atoms with Crippen LogP contribution >= 0.6 is 0 Å². The predicted molar refractivity (Wildman–Crippen MR) is 65.6 cm³/mol. The van der Waals surface area contributed by atoms with Gasteiger partial charge in [-0.15, -0.1) is 0 Å². The van der Waals surface area contributed by atoms with Gasteiger partial charge in [-0.3, -0.25) is 0 Å². The second-order valence-corrected chi connectivity index (χ2v) is 4.29. The Bertz CT molecular complexity index is 301. The summed E-state index contributed by atoms with van der Waals surface area (Å²) >= 11 is 0. The molecule has 0 saturated carbocycles. The molecule has 0 amide bonds. The molecule has 1 aliphatic rings. The van der Waals surface area contributed by atoms with Crippen molar-refractivity contribution in [2.75, 3.05) is 24.5 Å². The van der Waals surface area contributed by atoms with Gasteiger partial charge >= 0.3 is 0 Å². The maximum absolute atomic E-state index is 4.08. The monoisotopic (exact) mass is 220 g/mol. The number of nitrogens with one attached hydrogen (secondary N) is 1. The zero-order chi connectivity index (χ0) is 11.2. The molecule has 1 aliphatic heterocycles. The largest absolute Gasteiger partial charge is 0.369 e. The Kier molecular flexibility index (Phi) is 4.10. The van der Waals surface area contributed by atoms with Gasteiger partial charge in [-0.25, -0.2) is 9.97 Å². The molecule has 0 bridgehead atoms. The van der Waals surface area contributed by atoms with E-state index in [1.54, 1.807) is 6.33 Å². The van der Waals surface area contributed by atoms with Crippen molar-refractivity contribution < 1.29 is 0 Å². The Labute approximate surface area is 97.1 Å². The number of aromatic nitrogens is 2. The summed E-state index contributed by atoms with van der Waals surface area (Å²) in [6.45, 7) is 5.55. The van der Waals surface area contributed by atoms with E-state index in [0.29, 0.717) is 6.04 Å². The van der Waals surface area contributed by atoms with E-state index in [0.717, 1.165) is 25.3 Å². The molecule has 1 N–H and O–H groups in total. The van der Waals surface area contributed by atoms with Gasteiger partial charge in [0.05, 0.1) is 18.1 Å². The van der Waals surface area contributed by atoms with Gasteiger partial charge in [0.2, 0.25) is 0 Å². The summed E-state index contributed by atoms with van der Waals surface area (Å²) in [7, 11) is 0. The van der Waals surface area contributed by atoms with Crippen molar-refractivity contribution in [1.29, 1.82) is 0 Å². The number of rotatable bonds is 2. The molecule has 4 heteroatoms. The average Bonchev–Trinajstić information content (AvgIpc) is 2.30. The summed E-state index contributed by atoms with van der Waals surface area (Å²) in [6.07, 6.45) is 8.99. The molecule has 1 saturated heterocycles. The first-order valence-electron chi connectivity index (χ1n) is 6.13. The molecule has 0 spiro atoms. The lowest BCUT2D eigenvalue weighted by molar-refractivity contribution is 0.439. The summed E-state index contributed by atoms with van der Waals surface area (Å²) in [5.41, 5.74) is 1.15. The van der Waals surface area contributed by atoms with Crippen LogP contribution in [0.4, 0.5) is 5.69 Å². The topological polar surface area (TPSA) is 41.1 Å². The average molecular weight is 220 g/mol. The van der Waals surface area contributed by atoms with Crippen molar-refractivity contribution in [3.8, 4) is 0 Å². The highest BCUT2D eigenvalue weighted by molar-refractivity contribution is 5.41. The predicted octanol–water partition coefficient (Wildman–Crippen LogP) is 1.45. The van der Waals surface area contributed by atoms with Gasteiger partial charge in [0, 0.05) is 19.1 Å². The minimum Gasteiger partial charge on any atom is -0.369 e. The molecule has 88 valence electrons. The van der Waals surface area contributed by atoms with E-state index in [1.807, 2.05) is 12.4 Å². The number of hydrogen-bond donors (Lipinski definition) is 1. The van der Waals surface area contributed by atoms with E-state index in [2.05, 4.69) is 27.1 Å². The first-order valence-corrected chi connectivity index (χ1v) is 6.13. The third kappa shape index (κ3) is 2.92. The molecule has 1 aromatic rings. The summed E-state index contributed by atoms with van der Waals surface area (Å²) < 4.78 is 0. The Morgan fingerprint density at radius 3 is 2.94 bits per heavy atom. The van der Waals surface area contributed by atoms with Crippen LogP contribution in [0.1, 0.15) is 26.2 Å². The molecule has 1 atom stereocenters. The number of hydrogen-bond acceptors (Lipinski definition) is 4. The normalized spacial score (nSPS) is 22.6. The van der Waals surface area contributed by atoms with Crippen LogP contribution in [0.2, 0.25) is 0 Å². The molecule has 4 nitrogen and oxygen atoms in total. The van der Waals surface area contributed by atoms with E-state index in [4.69, 9.17) is 0 Å². The van der Waals surface area contributed by atoms with Crippen LogP contribution in [-0.4, -0.2) is 35.6 Å². The third-order valence-electron chi connectivity index (χ3n) is 3.19. The Morgan fingerprint density at radius 2 is 2.19 bits per heavy atom. The van der Waals surface area contributed by atoms with Gasteiger partial charge in [0.25, 0.3) is 0 Å². The highest BCUT2D eigenvalue weighted by Gasteiger charge is 2.13. The van der Waals surface area contributed by atoms with Crippen molar-refractivity contribution in [2.24, 2.45) is 0 Å². The van der Waals surface area contributed by atoms with Crippen LogP contribution in [0.15, 0.2) is 18.7 Å². The fourth-order valence-corrected chi connectivity index (χ4v) is 2.16. The molecule has 0 aromatic carbocycles. The molecular weight excluding hydrogens is 200 g/mol. The zero-order valence-corrected chi connectivity index (χ0v) is 9.89. The van der Waals surface area contributed by atoms with Gasteiger partial charge in [-0.1, -0.05) is 6.92 Å². The molecule has 0 radical (unpaired) electrons. The van der Waals surface area contributed by atoms with E-state index in [1.165, 1.54) is 19.3 Å². The summed E-state index contributed by atoms with van der Waals surface area (Å²) in [5.74, 6) is 0. The quantitative estimate of drug-likeness (QED) is 0.819. The molecule has 1 aromatic heterocycles. The minimum atomic E-state index is 0.660. The highest BCUT2D eigenvalue weighted by Crippen LogP contribution is 2.14. The third-order valence-corrected chi connectivity index (χ3v) is 3.19. The van der Waals surface area contributed by atoms with Crippen molar-refractivity contribution in [3.63, 3.8) is 0 Å². The van der Waals surface area contributed by atoms with E-state index >= 15 is 0 Å². The fourth-order valence-electron chi connectivity index (χ4n) is 2.16. The molecule has 0 aliphatic carbocycles. The molecule has 1 unspecified atom stereocenters. The second-order valence-electron chi connectivity index (χ2n) is 4.29. The summed E-state index contributed by atoms with van der Waals surface area (Å²) in [5, 5.41) is 3.59. The lowest BCUT2D eigenvalue weighted by Gasteiger charge is -2.29. The number of anilines is 1. The van der Waals surface area contributed by atoms with Crippen molar-refractivity contribution in [2.45, 2.75) is 32.2 Å². The maximum atomic E-state index is 4.08. The SMILES string of the molecule is CCC1CCN(c2cncnc2)CCCN1. The van der Waals surface area contributed by atoms with Crippen LogP contribution in [0.5, 0.6) is 0 Å². The number of nitrogens with zero attached hydrogens (tertiary/aromatic N) is 3. The first kappa shape index (κ1) is 11.3. The van der Waals surface area contributed by atoms with Crippen LogP contribution in [0.3, 0.4) is 0 Å². The fraction of sp³-hybridized carbons (Fsp3) is 0.667. The Morgan fingerprint density at radius 1 is 1.38 bits per heavy atom. The van der Waals surface area contributed by atoms with Gasteiger partial charge in [-0.2, -0.15) is 0 Å². The second kappa shape index (κ2) is 5.80. The molecular formula is C12H20N4. The minimum absolute atomic E-state index is 0.660. The van der Waals surface area contributed by atoms with Crippen molar-refractivity contribution >= 4 is 5.69 Å². The maximum Gasteiger partial charge on any atom is 0.115 e. The van der Waals surface area contributed by atoms with Crippen LogP contribution < -0.4 is 10.2 Å². The van der Waals surface area contributed by atoms with E-state index in [-0.39, 0.29) is 0 Å². The molecule has 1 fully saturated rings. The van der Waals surface area contributed by atoms with Gasteiger partial charge < -0.3 is 10.2 Å². The van der Waals surface area contributed by atoms with Crippen LogP contribution in [0.25, 0.3) is 0 Å². The molecule has 2 rings (SSSR count). The summed E-state index contributed by atoms with van der Waals surface area (Å²) in [4.78, 5) is 10.6. The van der Waals surface area contributed by atoms with Gasteiger partial charge in [0.15, 0.2) is 0 Å². The highest BCUT2D eigenvalue weighted by atomic mass is 15.2. The van der Waals surface area contributed by atoms with Gasteiger partial charge in [-0.05, 0) is 25.8 Å². The van der Waals surface area contributed by atoms with Crippen LogP contribution in [-0.2, 0) is 0 Å². The molecule has 2 heterocycles. The first-order chi connectivity index (χ1) is 7.90. The van der Waals surface area contributed by atoms with E-state index < -0.39 is 0 Å². The van der Waals surface area contributed by atoms with E-state index in [9.17, 15) is 0 Å². The lowest BCUT2D eigenvalue weighted by Crippen LogP contribution is -2.39. The zero-order valence-electron chi connectivity index (χ0n) is 9.89. The van der Waals surface area contributed by atoms with Gasteiger partial charge in [0.1, 0.15) is 6.33 Å². The Hall–Kier alpha value is -1.16. The van der Waals surface area contributed by atoms with Crippen molar-refractivity contribution in [1.82, 2.24) is 15.3 Å².